The first kappa shape index (κ1) is 15.0. The summed E-state index contributed by atoms with van der Waals surface area (Å²) >= 11 is 0. The number of hydrogen-bond donors (Lipinski definition) is 2. The molecule has 0 saturated heterocycles. The molecule has 0 spiro atoms. The number of rotatable bonds is 3. The van der Waals surface area contributed by atoms with Crippen LogP contribution in [0, 0.1) is 0 Å². The van der Waals surface area contributed by atoms with E-state index >= 15 is 0 Å². The van der Waals surface area contributed by atoms with Crippen molar-refractivity contribution in [3.05, 3.63) is 76.9 Å². The summed E-state index contributed by atoms with van der Waals surface area (Å²) in [5.74, 6) is 0.185. The number of aromatic nitrogens is 4. The van der Waals surface area contributed by atoms with Gasteiger partial charge in [-0.25, -0.2) is 9.97 Å². The highest BCUT2D eigenvalue weighted by Crippen LogP contribution is 2.28. The number of anilines is 2. The van der Waals surface area contributed by atoms with E-state index in [1.807, 2.05) is 6.07 Å². The molecular weight excluding hydrogens is 320 g/mol. The molecule has 0 bridgehead atoms. The summed E-state index contributed by atoms with van der Waals surface area (Å²) in [4.78, 5) is 37.4. The Morgan fingerprint density at radius 2 is 2.00 bits per heavy atom. The van der Waals surface area contributed by atoms with Gasteiger partial charge >= 0.3 is 0 Å². The molecule has 3 aromatic rings. The van der Waals surface area contributed by atoms with E-state index in [0.29, 0.717) is 22.8 Å². The van der Waals surface area contributed by atoms with Crippen LogP contribution >= 0.6 is 0 Å². The van der Waals surface area contributed by atoms with Gasteiger partial charge in [-0.1, -0.05) is 6.07 Å². The Balaban J connectivity index is 1.86. The van der Waals surface area contributed by atoms with Gasteiger partial charge in [-0.15, -0.1) is 0 Å². The maximum Gasteiger partial charge on any atom is 0.277 e. The Bertz CT molecular complexity index is 1000. The second-order valence-corrected chi connectivity index (χ2v) is 5.76. The third kappa shape index (κ3) is 2.35. The molecule has 8 heteroatoms. The van der Waals surface area contributed by atoms with E-state index < -0.39 is 5.66 Å². The van der Waals surface area contributed by atoms with Gasteiger partial charge in [-0.2, -0.15) is 0 Å². The number of fused-ring (bicyclic) bond motifs is 1. The molecule has 0 saturated carbocycles. The highest BCUT2D eigenvalue weighted by Gasteiger charge is 2.41. The van der Waals surface area contributed by atoms with Crippen molar-refractivity contribution in [3.8, 4) is 0 Å². The van der Waals surface area contributed by atoms with Gasteiger partial charge in [0, 0.05) is 24.2 Å². The van der Waals surface area contributed by atoms with Crippen LogP contribution in [0.3, 0.4) is 0 Å². The standard InChI is InChI=1S/C17H14N6O2/c1-17(11-3-2-7-18-9-11)22-15(24)13-5-4-12(16(25)23(13)17)21-14-6-8-19-10-20-14/h2-10H,1H3,(H,22,24)(H,19,20,21). The van der Waals surface area contributed by atoms with Crippen molar-refractivity contribution in [3.63, 3.8) is 0 Å². The molecule has 1 aliphatic heterocycles. The number of pyridine rings is 2. The van der Waals surface area contributed by atoms with Crippen molar-refractivity contribution in [1.29, 1.82) is 0 Å². The van der Waals surface area contributed by atoms with Gasteiger partial charge in [-0.05, 0) is 31.2 Å². The summed E-state index contributed by atoms with van der Waals surface area (Å²) in [5, 5.41) is 5.84. The van der Waals surface area contributed by atoms with Crippen molar-refractivity contribution in [2.45, 2.75) is 12.6 Å². The molecule has 25 heavy (non-hydrogen) atoms. The first-order chi connectivity index (χ1) is 12.1. The highest BCUT2D eigenvalue weighted by atomic mass is 16.2. The Morgan fingerprint density at radius 1 is 1.12 bits per heavy atom. The van der Waals surface area contributed by atoms with Gasteiger partial charge in [-0.3, -0.25) is 19.1 Å². The third-order valence-corrected chi connectivity index (χ3v) is 4.19. The highest BCUT2D eigenvalue weighted by molar-refractivity contribution is 5.96. The van der Waals surface area contributed by atoms with Crippen LogP contribution in [0.25, 0.3) is 0 Å². The van der Waals surface area contributed by atoms with E-state index in [0.717, 1.165) is 0 Å². The molecule has 4 rings (SSSR count). The van der Waals surface area contributed by atoms with Gasteiger partial charge in [0.2, 0.25) is 0 Å². The fourth-order valence-corrected chi connectivity index (χ4v) is 2.95. The molecule has 1 aliphatic rings. The topological polar surface area (TPSA) is 102 Å². The fourth-order valence-electron chi connectivity index (χ4n) is 2.95. The molecule has 0 fully saturated rings. The first-order valence-corrected chi connectivity index (χ1v) is 7.62. The second-order valence-electron chi connectivity index (χ2n) is 5.76. The van der Waals surface area contributed by atoms with Crippen molar-refractivity contribution >= 4 is 17.4 Å². The molecule has 124 valence electrons. The van der Waals surface area contributed by atoms with Crippen LogP contribution in [0.4, 0.5) is 11.5 Å². The van der Waals surface area contributed by atoms with E-state index in [1.165, 1.54) is 10.9 Å². The summed E-state index contributed by atoms with van der Waals surface area (Å²) in [7, 11) is 0. The van der Waals surface area contributed by atoms with Gasteiger partial charge in [0.25, 0.3) is 11.5 Å². The maximum absolute atomic E-state index is 13.0. The SMILES string of the molecule is CC1(c2cccnc2)NC(=O)c2ccc(Nc3ccncn3)c(=O)n21. The minimum Gasteiger partial charge on any atom is -0.336 e. The second kappa shape index (κ2) is 5.52. The molecule has 1 amide bonds. The molecule has 0 aromatic carbocycles. The van der Waals surface area contributed by atoms with E-state index in [-0.39, 0.29) is 11.5 Å². The van der Waals surface area contributed by atoms with E-state index in [2.05, 4.69) is 25.6 Å². The minimum absolute atomic E-state index is 0.296. The van der Waals surface area contributed by atoms with Gasteiger partial charge < -0.3 is 10.6 Å². The number of hydrogen-bond acceptors (Lipinski definition) is 6. The fraction of sp³-hybridized carbons (Fsp3) is 0.118. The lowest BCUT2D eigenvalue weighted by atomic mass is 10.0. The number of carbonyl (C=O) groups excluding carboxylic acids is 1. The molecule has 2 N–H and O–H groups in total. The Labute approximate surface area is 142 Å². The normalized spacial score (nSPS) is 18.5. The van der Waals surface area contributed by atoms with Crippen molar-refractivity contribution in [2.24, 2.45) is 0 Å². The molecular formula is C17H14N6O2. The number of carbonyl (C=O) groups is 1. The predicted octanol–water partition coefficient (Wildman–Crippen LogP) is 1.24. The summed E-state index contributed by atoms with van der Waals surface area (Å²) in [6.45, 7) is 1.77. The van der Waals surface area contributed by atoms with Crippen LogP contribution in [0.5, 0.6) is 0 Å². The summed E-state index contributed by atoms with van der Waals surface area (Å²) < 4.78 is 1.44. The van der Waals surface area contributed by atoms with Crippen LogP contribution in [-0.4, -0.2) is 25.4 Å². The summed E-state index contributed by atoms with van der Waals surface area (Å²) in [6.07, 6.45) is 6.23. The van der Waals surface area contributed by atoms with E-state index in [4.69, 9.17) is 0 Å². The zero-order valence-electron chi connectivity index (χ0n) is 13.3. The molecule has 0 radical (unpaired) electrons. The van der Waals surface area contributed by atoms with Crippen LogP contribution < -0.4 is 16.2 Å². The third-order valence-electron chi connectivity index (χ3n) is 4.19. The zero-order valence-corrected chi connectivity index (χ0v) is 13.3. The van der Waals surface area contributed by atoms with E-state index in [1.54, 1.807) is 49.8 Å². The predicted molar refractivity (Wildman–Crippen MR) is 90.5 cm³/mol. The van der Waals surface area contributed by atoms with Crippen LogP contribution in [0.1, 0.15) is 23.0 Å². The van der Waals surface area contributed by atoms with Crippen LogP contribution in [-0.2, 0) is 5.66 Å². The maximum atomic E-state index is 13.0. The first-order valence-electron chi connectivity index (χ1n) is 7.62. The Kier molecular flexibility index (Phi) is 3.31. The van der Waals surface area contributed by atoms with E-state index in [9.17, 15) is 9.59 Å². The van der Waals surface area contributed by atoms with Crippen LogP contribution in [0.2, 0.25) is 0 Å². The average molecular weight is 334 g/mol. The molecule has 1 unspecified atom stereocenters. The zero-order chi connectivity index (χ0) is 17.4. The van der Waals surface area contributed by atoms with Crippen LogP contribution in [0.15, 0.2) is 60.0 Å². The largest absolute Gasteiger partial charge is 0.336 e. The van der Waals surface area contributed by atoms with Gasteiger partial charge in [0.05, 0.1) is 0 Å². The summed E-state index contributed by atoms with van der Waals surface area (Å²) in [5.41, 5.74) is -0.0240. The quantitative estimate of drug-likeness (QED) is 0.747. The lowest BCUT2D eigenvalue weighted by Gasteiger charge is -2.27. The lowest BCUT2D eigenvalue weighted by Crippen LogP contribution is -2.46. The Morgan fingerprint density at radius 3 is 2.72 bits per heavy atom. The monoisotopic (exact) mass is 334 g/mol. The van der Waals surface area contributed by atoms with Gasteiger partial charge in [0.15, 0.2) is 0 Å². The number of nitrogens with one attached hydrogen (secondary N) is 2. The molecule has 3 aromatic heterocycles. The summed E-state index contributed by atoms with van der Waals surface area (Å²) in [6, 6.07) is 8.42. The molecule has 1 atom stereocenters. The minimum atomic E-state index is -1.01. The molecule has 8 nitrogen and oxygen atoms in total. The lowest BCUT2D eigenvalue weighted by molar-refractivity contribution is 0.0941. The van der Waals surface area contributed by atoms with Gasteiger partial charge in [0.1, 0.15) is 29.2 Å². The van der Waals surface area contributed by atoms with Crippen molar-refractivity contribution in [2.75, 3.05) is 5.32 Å². The Hall–Kier alpha value is -3.55. The molecule has 4 heterocycles. The number of amides is 1. The number of nitrogens with zero attached hydrogens (tertiary/aromatic N) is 4. The van der Waals surface area contributed by atoms with Crippen molar-refractivity contribution in [1.82, 2.24) is 24.8 Å². The van der Waals surface area contributed by atoms with Crippen molar-refractivity contribution < 1.29 is 4.79 Å². The average Bonchev–Trinajstić information content (AvgIpc) is 2.91. The smallest absolute Gasteiger partial charge is 0.277 e. The molecule has 0 aliphatic carbocycles.